The van der Waals surface area contributed by atoms with Gasteiger partial charge in [0, 0.05) is 10.9 Å². The fourth-order valence-electron chi connectivity index (χ4n) is 1.70. The van der Waals surface area contributed by atoms with Crippen molar-refractivity contribution in [3.8, 4) is 28.0 Å². The lowest BCUT2D eigenvalue weighted by Crippen LogP contribution is -1.83. The van der Waals surface area contributed by atoms with E-state index < -0.39 is 0 Å². The molecule has 0 aliphatic carbocycles. The van der Waals surface area contributed by atoms with Crippen molar-refractivity contribution in [3.63, 3.8) is 0 Å². The van der Waals surface area contributed by atoms with Crippen molar-refractivity contribution in [2.75, 3.05) is 0 Å². The Kier molecular flexibility index (Phi) is 2.82. The Hall–Kier alpha value is -2.52. The van der Waals surface area contributed by atoms with E-state index in [9.17, 15) is 0 Å². The molecule has 3 rings (SSSR count). The van der Waals surface area contributed by atoms with Gasteiger partial charge in [0.25, 0.3) is 0 Å². The molecular weight excluding hydrogens is 258 g/mol. The Labute approximate surface area is 113 Å². The average molecular weight is 267 g/mol. The van der Waals surface area contributed by atoms with E-state index in [-0.39, 0.29) is 5.69 Å². The van der Waals surface area contributed by atoms with Gasteiger partial charge in [-0.05, 0) is 6.92 Å². The van der Waals surface area contributed by atoms with Gasteiger partial charge < -0.3 is 0 Å². The standard InChI is InChI=1S/C13H9N5S/c1-8-2-4-9(5-3-8)13-15-11(7-19-13)12-10(6-14)16-18-17-12/h2-5,7H,1H3,(H,16,17,18). The van der Waals surface area contributed by atoms with Gasteiger partial charge in [-0.25, -0.2) is 4.98 Å². The molecule has 5 nitrogen and oxygen atoms in total. The van der Waals surface area contributed by atoms with E-state index in [4.69, 9.17) is 5.26 Å². The molecule has 19 heavy (non-hydrogen) atoms. The number of nitriles is 1. The SMILES string of the molecule is Cc1ccc(-c2nc(-c3n[nH]nc3C#N)cs2)cc1. The maximum atomic E-state index is 8.93. The van der Waals surface area contributed by atoms with Crippen LogP contribution < -0.4 is 0 Å². The third-order valence-corrected chi connectivity index (χ3v) is 3.59. The second-order valence-electron chi connectivity index (χ2n) is 4.04. The zero-order chi connectivity index (χ0) is 13.2. The minimum Gasteiger partial charge on any atom is -0.234 e. The van der Waals surface area contributed by atoms with Crippen molar-refractivity contribution in [2.24, 2.45) is 0 Å². The number of nitrogens with zero attached hydrogens (tertiary/aromatic N) is 4. The molecule has 0 bridgehead atoms. The minimum atomic E-state index is 0.265. The van der Waals surface area contributed by atoms with Crippen molar-refractivity contribution in [1.29, 1.82) is 5.26 Å². The Morgan fingerprint density at radius 1 is 1.21 bits per heavy atom. The molecule has 0 saturated carbocycles. The molecule has 0 aliphatic heterocycles. The summed E-state index contributed by atoms with van der Waals surface area (Å²) in [5.74, 6) is 0. The van der Waals surface area contributed by atoms with Crippen LogP contribution in [0.5, 0.6) is 0 Å². The molecule has 0 saturated heterocycles. The number of H-pyrrole nitrogens is 1. The number of nitrogens with one attached hydrogen (secondary N) is 1. The Morgan fingerprint density at radius 3 is 2.74 bits per heavy atom. The lowest BCUT2D eigenvalue weighted by Gasteiger charge is -1.96. The average Bonchev–Trinajstić information content (AvgIpc) is 3.07. The van der Waals surface area contributed by atoms with Crippen molar-refractivity contribution in [3.05, 3.63) is 40.9 Å². The van der Waals surface area contributed by atoms with Gasteiger partial charge in [0.2, 0.25) is 0 Å². The zero-order valence-electron chi connectivity index (χ0n) is 10.1. The summed E-state index contributed by atoms with van der Waals surface area (Å²) in [4.78, 5) is 4.51. The fraction of sp³-hybridized carbons (Fsp3) is 0.0769. The Morgan fingerprint density at radius 2 is 2.00 bits per heavy atom. The van der Waals surface area contributed by atoms with Gasteiger partial charge in [0.1, 0.15) is 22.5 Å². The lowest BCUT2D eigenvalue weighted by atomic mass is 10.2. The van der Waals surface area contributed by atoms with Crippen LogP contribution in [0.15, 0.2) is 29.6 Å². The molecule has 3 aromatic rings. The van der Waals surface area contributed by atoms with E-state index in [1.165, 1.54) is 16.9 Å². The van der Waals surface area contributed by atoms with Gasteiger partial charge in [0.05, 0.1) is 0 Å². The van der Waals surface area contributed by atoms with Crippen LogP contribution in [-0.4, -0.2) is 20.4 Å². The molecule has 0 unspecified atom stereocenters. The first-order valence-corrected chi connectivity index (χ1v) is 6.49. The quantitative estimate of drug-likeness (QED) is 0.774. The number of thiazole rings is 1. The fourth-order valence-corrected chi connectivity index (χ4v) is 2.51. The highest BCUT2D eigenvalue weighted by Crippen LogP contribution is 2.28. The van der Waals surface area contributed by atoms with E-state index in [2.05, 4.69) is 20.4 Å². The van der Waals surface area contributed by atoms with E-state index in [0.717, 1.165) is 10.6 Å². The number of aryl methyl sites for hydroxylation is 1. The van der Waals surface area contributed by atoms with Crippen LogP contribution >= 0.6 is 11.3 Å². The van der Waals surface area contributed by atoms with Gasteiger partial charge in [-0.3, -0.25) is 0 Å². The van der Waals surface area contributed by atoms with Crippen LogP contribution in [0.1, 0.15) is 11.3 Å². The number of hydrogen-bond donors (Lipinski definition) is 1. The summed E-state index contributed by atoms with van der Waals surface area (Å²) in [6.45, 7) is 2.05. The second-order valence-corrected chi connectivity index (χ2v) is 4.89. The van der Waals surface area contributed by atoms with Gasteiger partial charge in [-0.1, -0.05) is 29.8 Å². The highest BCUT2D eigenvalue weighted by atomic mass is 32.1. The summed E-state index contributed by atoms with van der Waals surface area (Å²) in [6, 6.07) is 10.2. The molecule has 2 aromatic heterocycles. The highest BCUT2D eigenvalue weighted by molar-refractivity contribution is 7.13. The van der Waals surface area contributed by atoms with Crippen molar-refractivity contribution in [1.82, 2.24) is 20.4 Å². The number of benzene rings is 1. The van der Waals surface area contributed by atoms with Crippen LogP contribution in [0.2, 0.25) is 0 Å². The summed E-state index contributed by atoms with van der Waals surface area (Å²) in [5.41, 5.74) is 3.70. The zero-order valence-corrected chi connectivity index (χ0v) is 10.9. The smallest absolute Gasteiger partial charge is 0.192 e. The molecule has 0 atom stereocenters. The molecule has 0 radical (unpaired) electrons. The summed E-state index contributed by atoms with van der Waals surface area (Å²) in [5, 5.41) is 21.9. The summed E-state index contributed by atoms with van der Waals surface area (Å²) in [7, 11) is 0. The molecule has 0 fully saturated rings. The molecule has 92 valence electrons. The molecule has 2 heterocycles. The van der Waals surface area contributed by atoms with Crippen molar-refractivity contribution < 1.29 is 0 Å². The van der Waals surface area contributed by atoms with Gasteiger partial charge in [-0.2, -0.15) is 15.6 Å². The van der Waals surface area contributed by atoms with Crippen LogP contribution in [-0.2, 0) is 0 Å². The molecule has 0 amide bonds. The van der Waals surface area contributed by atoms with E-state index in [1.54, 1.807) is 0 Å². The van der Waals surface area contributed by atoms with Crippen molar-refractivity contribution >= 4 is 11.3 Å². The summed E-state index contributed by atoms with van der Waals surface area (Å²) < 4.78 is 0. The minimum absolute atomic E-state index is 0.265. The van der Waals surface area contributed by atoms with Gasteiger partial charge >= 0.3 is 0 Å². The molecule has 6 heteroatoms. The first kappa shape index (κ1) is 11.6. The van der Waals surface area contributed by atoms with Gasteiger partial charge in [-0.15, -0.1) is 16.4 Å². The number of aromatic amines is 1. The third kappa shape index (κ3) is 2.11. The lowest BCUT2D eigenvalue weighted by molar-refractivity contribution is 0.936. The van der Waals surface area contributed by atoms with Crippen molar-refractivity contribution in [2.45, 2.75) is 6.92 Å². The number of aromatic nitrogens is 4. The van der Waals surface area contributed by atoms with Crippen LogP contribution in [0, 0.1) is 18.3 Å². The van der Waals surface area contributed by atoms with Gasteiger partial charge in [0.15, 0.2) is 5.69 Å². The topological polar surface area (TPSA) is 78.2 Å². The number of rotatable bonds is 2. The Bertz CT molecular complexity index is 748. The third-order valence-electron chi connectivity index (χ3n) is 2.70. The molecule has 1 N–H and O–H groups in total. The molecule has 0 aliphatic rings. The predicted molar refractivity (Wildman–Crippen MR) is 72.4 cm³/mol. The first-order valence-electron chi connectivity index (χ1n) is 5.62. The summed E-state index contributed by atoms with van der Waals surface area (Å²) >= 11 is 1.52. The number of hydrogen-bond acceptors (Lipinski definition) is 5. The van der Waals surface area contributed by atoms with E-state index in [1.807, 2.05) is 42.6 Å². The molecule has 1 aromatic carbocycles. The maximum absolute atomic E-state index is 8.93. The van der Waals surface area contributed by atoms with E-state index >= 15 is 0 Å². The largest absolute Gasteiger partial charge is 0.234 e. The van der Waals surface area contributed by atoms with Crippen LogP contribution in [0.3, 0.4) is 0 Å². The second kappa shape index (κ2) is 4.63. The molecular formula is C13H9N5S. The molecule has 0 spiro atoms. The van der Waals surface area contributed by atoms with Crippen LogP contribution in [0.25, 0.3) is 22.0 Å². The summed E-state index contributed by atoms with van der Waals surface area (Å²) in [6.07, 6.45) is 0. The predicted octanol–water partition coefficient (Wildman–Crippen LogP) is 2.78. The maximum Gasteiger partial charge on any atom is 0.192 e. The Balaban J connectivity index is 2.00. The van der Waals surface area contributed by atoms with Crippen LogP contribution in [0.4, 0.5) is 0 Å². The normalized spacial score (nSPS) is 10.3. The highest BCUT2D eigenvalue weighted by Gasteiger charge is 2.13. The monoisotopic (exact) mass is 267 g/mol. The first-order chi connectivity index (χ1) is 9.28. The van der Waals surface area contributed by atoms with E-state index in [0.29, 0.717) is 11.4 Å².